The van der Waals surface area contributed by atoms with Crippen LogP contribution in [0, 0.1) is 11.3 Å². The van der Waals surface area contributed by atoms with Crippen molar-refractivity contribution in [2.24, 2.45) is 0 Å². The molecule has 0 aliphatic carbocycles. The van der Waals surface area contributed by atoms with Crippen LogP contribution in [0.2, 0.25) is 0 Å². The lowest BCUT2D eigenvalue weighted by Gasteiger charge is -2.06. The Bertz CT molecular complexity index is 991. The molecule has 0 saturated heterocycles. The topological polar surface area (TPSA) is 111 Å². The maximum Gasteiger partial charge on any atom is 0.331 e. The van der Waals surface area contributed by atoms with E-state index in [9.17, 15) is 4.79 Å². The molecule has 0 aliphatic heterocycles. The highest BCUT2D eigenvalue weighted by atomic mass is 16.6. The molecule has 0 fully saturated rings. The summed E-state index contributed by atoms with van der Waals surface area (Å²) in [5, 5.41) is 12.4. The third-order valence-corrected chi connectivity index (χ3v) is 3.60. The Morgan fingerprint density at radius 1 is 1.32 bits per heavy atom. The van der Waals surface area contributed by atoms with E-state index in [1.54, 1.807) is 61.8 Å². The zero-order chi connectivity index (χ0) is 19.8. The molecule has 1 aromatic carbocycles. The van der Waals surface area contributed by atoms with Gasteiger partial charge in [0.15, 0.2) is 12.7 Å². The molecule has 0 spiro atoms. The highest BCUT2D eigenvalue weighted by Gasteiger charge is 2.18. The van der Waals surface area contributed by atoms with Gasteiger partial charge in [0.1, 0.15) is 11.8 Å². The largest absolute Gasteiger partial charge is 0.479 e. The molecule has 8 heteroatoms. The van der Waals surface area contributed by atoms with E-state index in [4.69, 9.17) is 19.3 Å². The second-order valence-electron chi connectivity index (χ2n) is 5.63. The molecule has 0 amide bonds. The highest BCUT2D eigenvalue weighted by molar-refractivity contribution is 5.87. The lowest BCUT2D eigenvalue weighted by Crippen LogP contribution is -2.06. The van der Waals surface area contributed by atoms with Crippen molar-refractivity contribution in [1.82, 2.24) is 15.1 Å². The van der Waals surface area contributed by atoms with Crippen LogP contribution in [0.15, 0.2) is 59.4 Å². The zero-order valence-electron chi connectivity index (χ0n) is 15.0. The first-order valence-electron chi connectivity index (χ1n) is 8.38. The third kappa shape index (κ3) is 5.02. The number of pyridine rings is 1. The Labute approximate surface area is 161 Å². The number of carbonyl (C=O) groups is 1. The minimum absolute atomic E-state index is 0.0163. The smallest absolute Gasteiger partial charge is 0.331 e. The molecule has 0 bridgehead atoms. The van der Waals surface area contributed by atoms with E-state index >= 15 is 0 Å². The van der Waals surface area contributed by atoms with Crippen molar-refractivity contribution in [2.75, 3.05) is 6.61 Å². The summed E-state index contributed by atoms with van der Waals surface area (Å²) in [7, 11) is 0. The molecule has 8 nitrogen and oxygen atoms in total. The molecule has 1 atom stereocenters. The first kappa shape index (κ1) is 18.8. The minimum atomic E-state index is -0.697. The molecule has 0 radical (unpaired) electrons. The Hall–Kier alpha value is -3.99. The van der Waals surface area contributed by atoms with Crippen molar-refractivity contribution in [3.05, 3.63) is 66.3 Å². The van der Waals surface area contributed by atoms with Gasteiger partial charge >= 0.3 is 5.97 Å². The fraction of sp³-hybridized carbons (Fsp3) is 0.150. The SMILES string of the molecule is CC(OC(=O)/C=C/c1ccc(OCC#N)cc1)c1nc(-c2cccnc2)no1. The molecule has 28 heavy (non-hydrogen) atoms. The number of hydrogen-bond donors (Lipinski definition) is 0. The lowest BCUT2D eigenvalue weighted by atomic mass is 10.2. The van der Waals surface area contributed by atoms with E-state index in [2.05, 4.69) is 15.1 Å². The molecule has 2 aromatic heterocycles. The molecule has 140 valence electrons. The summed E-state index contributed by atoms with van der Waals surface area (Å²) in [4.78, 5) is 20.2. The van der Waals surface area contributed by atoms with Crippen molar-refractivity contribution in [2.45, 2.75) is 13.0 Å². The molecule has 0 aliphatic rings. The van der Waals surface area contributed by atoms with Gasteiger partial charge in [-0.15, -0.1) is 0 Å². The Kier molecular flexibility index (Phi) is 6.10. The fourth-order valence-corrected chi connectivity index (χ4v) is 2.23. The van der Waals surface area contributed by atoms with Crippen LogP contribution >= 0.6 is 0 Å². The van der Waals surface area contributed by atoms with Gasteiger partial charge in [0.25, 0.3) is 5.89 Å². The van der Waals surface area contributed by atoms with E-state index in [-0.39, 0.29) is 12.5 Å². The van der Waals surface area contributed by atoms with Crippen LogP contribution in [-0.2, 0) is 9.53 Å². The van der Waals surface area contributed by atoms with E-state index in [1.807, 2.05) is 6.07 Å². The van der Waals surface area contributed by atoms with Gasteiger partial charge in [-0.25, -0.2) is 4.79 Å². The van der Waals surface area contributed by atoms with Gasteiger partial charge in [0, 0.05) is 24.0 Å². The quantitative estimate of drug-likeness (QED) is 0.456. The maximum atomic E-state index is 12.0. The lowest BCUT2D eigenvalue weighted by molar-refractivity contribution is -0.143. The number of carbonyl (C=O) groups excluding carboxylic acids is 1. The minimum Gasteiger partial charge on any atom is -0.479 e. The summed E-state index contributed by atoms with van der Waals surface area (Å²) in [6.07, 6.45) is 5.48. The fourth-order valence-electron chi connectivity index (χ4n) is 2.23. The van der Waals surface area contributed by atoms with Gasteiger partial charge < -0.3 is 14.0 Å². The number of hydrogen-bond acceptors (Lipinski definition) is 8. The van der Waals surface area contributed by atoms with Crippen LogP contribution in [0.3, 0.4) is 0 Å². The van der Waals surface area contributed by atoms with Crippen LogP contribution in [0.4, 0.5) is 0 Å². The van der Waals surface area contributed by atoms with E-state index in [0.717, 1.165) is 5.56 Å². The van der Waals surface area contributed by atoms with E-state index < -0.39 is 12.1 Å². The molecule has 2 heterocycles. The van der Waals surface area contributed by atoms with Crippen LogP contribution < -0.4 is 4.74 Å². The Balaban J connectivity index is 1.56. The van der Waals surface area contributed by atoms with Crippen LogP contribution in [0.5, 0.6) is 5.75 Å². The number of nitriles is 1. The first-order chi connectivity index (χ1) is 13.7. The van der Waals surface area contributed by atoms with Crippen molar-refractivity contribution < 1.29 is 18.8 Å². The van der Waals surface area contributed by atoms with Crippen LogP contribution in [0.25, 0.3) is 17.5 Å². The van der Waals surface area contributed by atoms with Gasteiger partial charge in [-0.3, -0.25) is 4.98 Å². The number of nitrogens with zero attached hydrogens (tertiary/aromatic N) is 4. The second-order valence-corrected chi connectivity index (χ2v) is 5.63. The summed E-state index contributed by atoms with van der Waals surface area (Å²) >= 11 is 0. The number of esters is 1. The molecular formula is C20H16N4O4. The number of benzene rings is 1. The molecule has 3 aromatic rings. The van der Waals surface area contributed by atoms with Gasteiger partial charge in [-0.1, -0.05) is 17.3 Å². The average molecular weight is 376 g/mol. The molecular weight excluding hydrogens is 360 g/mol. The van der Waals surface area contributed by atoms with Crippen LogP contribution in [-0.4, -0.2) is 27.7 Å². The van der Waals surface area contributed by atoms with Crippen molar-refractivity contribution in [1.29, 1.82) is 5.26 Å². The average Bonchev–Trinajstić information content (AvgIpc) is 3.23. The van der Waals surface area contributed by atoms with E-state index in [0.29, 0.717) is 17.1 Å². The number of ether oxygens (including phenoxy) is 2. The maximum absolute atomic E-state index is 12.0. The second kappa shape index (κ2) is 9.09. The van der Waals surface area contributed by atoms with Crippen molar-refractivity contribution >= 4 is 12.0 Å². The molecule has 0 N–H and O–H groups in total. The summed E-state index contributed by atoms with van der Waals surface area (Å²) in [6, 6.07) is 12.4. The Morgan fingerprint density at radius 3 is 2.86 bits per heavy atom. The van der Waals surface area contributed by atoms with Gasteiger partial charge in [0.2, 0.25) is 5.82 Å². The normalized spacial score (nSPS) is 11.7. The van der Waals surface area contributed by atoms with Gasteiger partial charge in [0.05, 0.1) is 0 Å². The number of aromatic nitrogens is 3. The summed E-state index contributed by atoms with van der Waals surface area (Å²) in [6.45, 7) is 1.63. The standard InChI is InChI=1S/C20H16N4O4/c1-14(20-23-19(24-28-20)16-3-2-11-22-13-16)27-18(25)9-6-15-4-7-17(8-5-15)26-12-10-21/h2-9,11,13-14H,12H2,1H3/b9-6+. The predicted molar refractivity (Wildman–Crippen MR) is 98.6 cm³/mol. The molecule has 1 unspecified atom stereocenters. The molecule has 0 saturated carbocycles. The van der Waals surface area contributed by atoms with Crippen molar-refractivity contribution in [3.63, 3.8) is 0 Å². The Morgan fingerprint density at radius 2 is 2.14 bits per heavy atom. The summed E-state index contributed by atoms with van der Waals surface area (Å²) in [5.41, 5.74) is 1.49. The third-order valence-electron chi connectivity index (χ3n) is 3.60. The van der Waals surface area contributed by atoms with E-state index in [1.165, 1.54) is 6.08 Å². The number of rotatable bonds is 7. The van der Waals surface area contributed by atoms with Crippen LogP contribution in [0.1, 0.15) is 24.5 Å². The monoisotopic (exact) mass is 376 g/mol. The first-order valence-corrected chi connectivity index (χ1v) is 8.38. The molecule has 3 rings (SSSR count). The highest BCUT2D eigenvalue weighted by Crippen LogP contribution is 2.20. The predicted octanol–water partition coefficient (Wildman–Crippen LogP) is 3.35. The summed E-state index contributed by atoms with van der Waals surface area (Å²) < 4.78 is 15.6. The van der Waals surface area contributed by atoms with Crippen molar-refractivity contribution in [3.8, 4) is 23.2 Å². The van der Waals surface area contributed by atoms with Gasteiger partial charge in [-0.05, 0) is 42.8 Å². The van der Waals surface area contributed by atoms with Gasteiger partial charge in [-0.2, -0.15) is 10.2 Å². The zero-order valence-corrected chi connectivity index (χ0v) is 15.0. The summed E-state index contributed by atoms with van der Waals surface area (Å²) in [5.74, 6) is 0.606.